The summed E-state index contributed by atoms with van der Waals surface area (Å²) in [6.45, 7) is 6.95. The van der Waals surface area contributed by atoms with Gasteiger partial charge in [-0.25, -0.2) is 0 Å². The summed E-state index contributed by atoms with van der Waals surface area (Å²) in [6.07, 6.45) is 4.73. The quantitative estimate of drug-likeness (QED) is 0.788. The number of nitrogens with one attached hydrogen (secondary N) is 1. The second-order valence-corrected chi connectivity index (χ2v) is 4.54. The van der Waals surface area contributed by atoms with Crippen LogP contribution in [0.2, 0.25) is 0 Å². The maximum Gasteiger partial charge on any atom is 0.287 e. The molecule has 0 saturated carbocycles. The molecule has 17 heavy (non-hydrogen) atoms. The zero-order valence-electron chi connectivity index (χ0n) is 11.1. The smallest absolute Gasteiger partial charge is 0.287 e. The van der Waals surface area contributed by atoms with Gasteiger partial charge in [0.1, 0.15) is 5.76 Å². The van der Waals surface area contributed by atoms with E-state index in [1.807, 2.05) is 13.0 Å². The van der Waals surface area contributed by atoms with Crippen LogP contribution in [0.25, 0.3) is 0 Å². The Hall–Kier alpha value is -1.25. The van der Waals surface area contributed by atoms with Crippen molar-refractivity contribution >= 4 is 5.91 Å². The highest BCUT2D eigenvalue weighted by Crippen LogP contribution is 2.12. The second-order valence-electron chi connectivity index (χ2n) is 4.54. The fourth-order valence-corrected chi connectivity index (χ4v) is 1.82. The lowest BCUT2D eigenvalue weighted by atomic mass is 9.99. The van der Waals surface area contributed by atoms with Crippen molar-refractivity contribution in [3.8, 4) is 0 Å². The number of aryl methyl sites for hydroxylation is 1. The van der Waals surface area contributed by atoms with Crippen molar-refractivity contribution in [1.29, 1.82) is 0 Å². The summed E-state index contributed by atoms with van der Waals surface area (Å²) < 4.78 is 5.28. The lowest BCUT2D eigenvalue weighted by Gasteiger charge is -2.14. The van der Waals surface area contributed by atoms with Crippen LogP contribution < -0.4 is 5.32 Å². The molecule has 0 spiro atoms. The molecule has 0 radical (unpaired) electrons. The van der Waals surface area contributed by atoms with E-state index >= 15 is 0 Å². The van der Waals surface area contributed by atoms with Crippen LogP contribution in [0.15, 0.2) is 16.5 Å². The van der Waals surface area contributed by atoms with Gasteiger partial charge in [0, 0.05) is 6.54 Å². The van der Waals surface area contributed by atoms with E-state index in [9.17, 15) is 4.79 Å². The first-order chi connectivity index (χ1) is 8.17. The molecule has 1 aromatic rings. The van der Waals surface area contributed by atoms with Gasteiger partial charge in [0.15, 0.2) is 5.76 Å². The Balaban J connectivity index is 2.36. The average Bonchev–Trinajstić information content (AvgIpc) is 2.76. The summed E-state index contributed by atoms with van der Waals surface area (Å²) in [7, 11) is 0. The maximum absolute atomic E-state index is 11.7. The summed E-state index contributed by atoms with van der Waals surface area (Å²) in [5.74, 6) is 1.66. The topological polar surface area (TPSA) is 42.2 Å². The molecule has 1 N–H and O–H groups in total. The summed E-state index contributed by atoms with van der Waals surface area (Å²) in [5.41, 5.74) is 0. The highest BCUT2D eigenvalue weighted by Gasteiger charge is 2.12. The standard InChI is InChI=1S/C14H23NO2/c1-4-6-7-12(5-2)10-15-14(16)13-9-8-11(3)17-13/h8-9,12H,4-7,10H2,1-3H3,(H,15,16)/t12-/m0/s1. The minimum Gasteiger partial charge on any atom is -0.456 e. The maximum atomic E-state index is 11.7. The molecule has 0 fully saturated rings. The van der Waals surface area contributed by atoms with E-state index in [0.717, 1.165) is 18.7 Å². The van der Waals surface area contributed by atoms with Crippen molar-refractivity contribution in [2.75, 3.05) is 6.54 Å². The monoisotopic (exact) mass is 237 g/mol. The van der Waals surface area contributed by atoms with Gasteiger partial charge in [0.05, 0.1) is 0 Å². The zero-order valence-corrected chi connectivity index (χ0v) is 11.1. The molecule has 1 atom stereocenters. The molecule has 0 bridgehead atoms. The molecule has 0 aliphatic heterocycles. The van der Waals surface area contributed by atoms with Crippen LogP contribution in [-0.2, 0) is 0 Å². The van der Waals surface area contributed by atoms with Gasteiger partial charge in [-0.1, -0.05) is 33.1 Å². The van der Waals surface area contributed by atoms with E-state index in [1.54, 1.807) is 6.07 Å². The number of amides is 1. The van der Waals surface area contributed by atoms with E-state index in [2.05, 4.69) is 19.2 Å². The van der Waals surface area contributed by atoms with Crippen molar-refractivity contribution in [3.63, 3.8) is 0 Å². The molecular formula is C14H23NO2. The van der Waals surface area contributed by atoms with Crippen LogP contribution in [0.3, 0.4) is 0 Å². The molecule has 0 aliphatic carbocycles. The minimum absolute atomic E-state index is 0.104. The molecule has 0 aromatic carbocycles. The van der Waals surface area contributed by atoms with Gasteiger partial charge in [-0.2, -0.15) is 0 Å². The van der Waals surface area contributed by atoms with Crippen molar-refractivity contribution in [3.05, 3.63) is 23.7 Å². The van der Waals surface area contributed by atoms with Crippen LogP contribution in [0.1, 0.15) is 55.8 Å². The highest BCUT2D eigenvalue weighted by atomic mass is 16.3. The summed E-state index contributed by atoms with van der Waals surface area (Å²) in [6, 6.07) is 3.53. The molecule has 0 unspecified atom stereocenters. The van der Waals surface area contributed by atoms with E-state index in [4.69, 9.17) is 4.42 Å². The number of furan rings is 1. The molecule has 0 saturated heterocycles. The molecular weight excluding hydrogens is 214 g/mol. The van der Waals surface area contributed by atoms with Gasteiger partial charge in [-0.3, -0.25) is 4.79 Å². The molecule has 1 aromatic heterocycles. The number of hydrogen-bond donors (Lipinski definition) is 1. The summed E-state index contributed by atoms with van der Waals surface area (Å²) in [4.78, 5) is 11.7. The van der Waals surface area contributed by atoms with E-state index in [-0.39, 0.29) is 5.91 Å². The first-order valence-corrected chi connectivity index (χ1v) is 6.52. The second kappa shape index (κ2) is 7.15. The molecule has 96 valence electrons. The zero-order chi connectivity index (χ0) is 12.7. The third-order valence-electron chi connectivity index (χ3n) is 3.06. The third kappa shape index (κ3) is 4.63. The molecule has 1 heterocycles. The largest absolute Gasteiger partial charge is 0.456 e. The van der Waals surface area contributed by atoms with Crippen molar-refractivity contribution in [1.82, 2.24) is 5.32 Å². The normalized spacial score (nSPS) is 12.4. The molecule has 3 nitrogen and oxygen atoms in total. The van der Waals surface area contributed by atoms with Crippen molar-refractivity contribution in [2.24, 2.45) is 5.92 Å². The Kier molecular flexibility index (Phi) is 5.81. The van der Waals surface area contributed by atoms with Crippen LogP contribution in [-0.4, -0.2) is 12.5 Å². The lowest BCUT2D eigenvalue weighted by Crippen LogP contribution is -2.28. The van der Waals surface area contributed by atoms with Gasteiger partial charge in [-0.05, 0) is 31.4 Å². The lowest BCUT2D eigenvalue weighted by molar-refractivity contribution is 0.0916. The Morgan fingerprint density at radius 1 is 1.41 bits per heavy atom. The average molecular weight is 237 g/mol. The molecule has 0 aliphatic rings. The Bertz CT molecular complexity index is 344. The van der Waals surface area contributed by atoms with Crippen LogP contribution >= 0.6 is 0 Å². The van der Waals surface area contributed by atoms with Crippen molar-refractivity contribution < 1.29 is 9.21 Å². The summed E-state index contributed by atoms with van der Waals surface area (Å²) in [5, 5.41) is 2.94. The van der Waals surface area contributed by atoms with Gasteiger partial charge >= 0.3 is 0 Å². The number of unbranched alkanes of at least 4 members (excludes halogenated alkanes) is 1. The summed E-state index contributed by atoms with van der Waals surface area (Å²) >= 11 is 0. The predicted octanol–water partition coefficient (Wildman–Crippen LogP) is 3.53. The van der Waals surface area contributed by atoms with E-state index in [0.29, 0.717) is 11.7 Å². The van der Waals surface area contributed by atoms with E-state index in [1.165, 1.54) is 19.3 Å². The Morgan fingerprint density at radius 2 is 2.18 bits per heavy atom. The first kappa shape index (κ1) is 13.8. The Labute approximate surface area is 104 Å². The van der Waals surface area contributed by atoms with E-state index < -0.39 is 0 Å². The van der Waals surface area contributed by atoms with Gasteiger partial charge in [0.2, 0.25) is 0 Å². The molecule has 3 heteroatoms. The SMILES string of the molecule is CCCC[C@H](CC)CNC(=O)c1ccc(C)o1. The minimum atomic E-state index is -0.104. The number of hydrogen-bond acceptors (Lipinski definition) is 2. The van der Waals surface area contributed by atoms with Gasteiger partial charge in [-0.15, -0.1) is 0 Å². The first-order valence-electron chi connectivity index (χ1n) is 6.52. The number of rotatable bonds is 7. The Morgan fingerprint density at radius 3 is 2.71 bits per heavy atom. The van der Waals surface area contributed by atoms with Crippen LogP contribution in [0.4, 0.5) is 0 Å². The predicted molar refractivity (Wildman–Crippen MR) is 69.1 cm³/mol. The van der Waals surface area contributed by atoms with Crippen LogP contribution in [0.5, 0.6) is 0 Å². The van der Waals surface area contributed by atoms with Gasteiger partial charge in [0.25, 0.3) is 5.91 Å². The third-order valence-corrected chi connectivity index (χ3v) is 3.06. The fraction of sp³-hybridized carbons (Fsp3) is 0.643. The van der Waals surface area contributed by atoms with Crippen molar-refractivity contribution in [2.45, 2.75) is 46.5 Å². The number of carbonyl (C=O) groups is 1. The van der Waals surface area contributed by atoms with Crippen LogP contribution in [0, 0.1) is 12.8 Å². The molecule has 1 amide bonds. The van der Waals surface area contributed by atoms with Gasteiger partial charge < -0.3 is 9.73 Å². The number of carbonyl (C=O) groups excluding carboxylic acids is 1. The highest BCUT2D eigenvalue weighted by molar-refractivity contribution is 5.91. The fourth-order valence-electron chi connectivity index (χ4n) is 1.82. The molecule has 1 rings (SSSR count).